The first kappa shape index (κ1) is 12.2. The molecule has 2 aliphatic heterocycles. The second kappa shape index (κ2) is 4.91. The van der Waals surface area contributed by atoms with Crippen molar-refractivity contribution in [2.45, 2.75) is 18.9 Å². The largest absolute Gasteiger partial charge is 0.478 e. The summed E-state index contributed by atoms with van der Waals surface area (Å²) < 4.78 is 4.78. The number of carbonyl (C=O) groups excluding carboxylic acids is 1. The summed E-state index contributed by atoms with van der Waals surface area (Å²) in [6.45, 7) is 2.83. The second-order valence-corrected chi connectivity index (χ2v) is 4.89. The molecular formula is C11H18N2O4. The number of hydrogen-bond donors (Lipinski definition) is 1. The molecule has 2 aliphatic rings. The Morgan fingerprint density at radius 1 is 1.53 bits per heavy atom. The lowest BCUT2D eigenvalue weighted by Crippen LogP contribution is -2.40. The molecule has 0 aliphatic carbocycles. The molecule has 6 heteroatoms. The minimum atomic E-state index is -1.07. The number of carboxylic acid groups (broad SMARTS) is 1. The molecule has 2 fully saturated rings. The van der Waals surface area contributed by atoms with Gasteiger partial charge in [0.25, 0.3) is 0 Å². The van der Waals surface area contributed by atoms with E-state index < -0.39 is 18.2 Å². The maximum absolute atomic E-state index is 11.5. The van der Waals surface area contributed by atoms with Gasteiger partial charge < -0.3 is 19.6 Å². The summed E-state index contributed by atoms with van der Waals surface area (Å²) in [6.07, 6.45) is 0.729. The van der Waals surface area contributed by atoms with Gasteiger partial charge in [0, 0.05) is 13.1 Å². The van der Waals surface area contributed by atoms with E-state index in [0.29, 0.717) is 12.5 Å². The quantitative estimate of drug-likeness (QED) is 0.767. The Bertz CT molecular complexity index is 321. The van der Waals surface area contributed by atoms with Crippen LogP contribution >= 0.6 is 0 Å². The van der Waals surface area contributed by atoms with Crippen LogP contribution in [-0.2, 0) is 9.53 Å². The van der Waals surface area contributed by atoms with Gasteiger partial charge in [-0.05, 0) is 32.4 Å². The third-order valence-corrected chi connectivity index (χ3v) is 3.36. The van der Waals surface area contributed by atoms with Crippen molar-refractivity contribution in [1.29, 1.82) is 0 Å². The normalized spacial score (nSPS) is 30.4. The molecule has 2 heterocycles. The zero-order valence-corrected chi connectivity index (χ0v) is 9.96. The number of hydrogen-bond acceptors (Lipinski definition) is 4. The number of nitrogens with zero attached hydrogens (tertiary/aromatic N) is 2. The number of cyclic esters (lactones) is 1. The lowest BCUT2D eigenvalue weighted by molar-refractivity contribution is -0.144. The topological polar surface area (TPSA) is 70.1 Å². The van der Waals surface area contributed by atoms with Crippen LogP contribution < -0.4 is 0 Å². The smallest absolute Gasteiger partial charge is 0.410 e. The Kier molecular flexibility index (Phi) is 3.51. The zero-order valence-electron chi connectivity index (χ0n) is 9.96. The molecule has 2 saturated heterocycles. The van der Waals surface area contributed by atoms with Crippen molar-refractivity contribution >= 4 is 12.1 Å². The first-order chi connectivity index (χ1) is 8.06. The fourth-order valence-corrected chi connectivity index (χ4v) is 2.52. The summed E-state index contributed by atoms with van der Waals surface area (Å²) in [7, 11) is 2.06. The number of carboxylic acids is 1. The molecule has 0 saturated carbocycles. The number of likely N-dealkylation sites (tertiary alicyclic amines) is 1. The predicted molar refractivity (Wildman–Crippen MR) is 59.7 cm³/mol. The lowest BCUT2D eigenvalue weighted by Gasteiger charge is -2.31. The average molecular weight is 242 g/mol. The minimum absolute atomic E-state index is 0.175. The van der Waals surface area contributed by atoms with E-state index in [1.807, 2.05) is 0 Å². The highest BCUT2D eigenvalue weighted by Crippen LogP contribution is 2.19. The van der Waals surface area contributed by atoms with Crippen molar-refractivity contribution < 1.29 is 19.4 Å². The fraction of sp³-hybridized carbons (Fsp3) is 0.818. The van der Waals surface area contributed by atoms with Crippen LogP contribution in [0.1, 0.15) is 12.8 Å². The molecule has 0 spiro atoms. The van der Waals surface area contributed by atoms with Crippen LogP contribution in [0.3, 0.4) is 0 Å². The van der Waals surface area contributed by atoms with E-state index in [0.717, 1.165) is 25.9 Å². The Labute approximate surface area is 100 Å². The summed E-state index contributed by atoms with van der Waals surface area (Å²) in [5.41, 5.74) is 0. The lowest BCUT2D eigenvalue weighted by atomic mass is 9.98. The molecule has 1 N–H and O–H groups in total. The van der Waals surface area contributed by atoms with Crippen LogP contribution in [0.25, 0.3) is 0 Å². The number of ether oxygens (including phenoxy) is 1. The fourth-order valence-electron chi connectivity index (χ4n) is 2.52. The number of aliphatic carboxylic acids is 1. The van der Waals surface area contributed by atoms with Crippen LogP contribution in [0.2, 0.25) is 0 Å². The van der Waals surface area contributed by atoms with Gasteiger partial charge in [-0.2, -0.15) is 0 Å². The van der Waals surface area contributed by atoms with E-state index in [2.05, 4.69) is 11.9 Å². The average Bonchev–Trinajstić information content (AvgIpc) is 2.61. The number of rotatable bonds is 3. The molecule has 0 aromatic carbocycles. The van der Waals surface area contributed by atoms with Crippen LogP contribution in [0.15, 0.2) is 0 Å². The standard InChI is InChI=1S/C11H18N2O4/c1-12-4-2-3-8(5-12)6-13-7-9(10(14)15)17-11(13)16/h8-9H,2-7H2,1H3,(H,14,15)/t8?,9-/m1/s1. The van der Waals surface area contributed by atoms with Gasteiger partial charge in [-0.3, -0.25) is 0 Å². The van der Waals surface area contributed by atoms with Gasteiger partial charge >= 0.3 is 12.1 Å². The van der Waals surface area contributed by atoms with Crippen molar-refractivity contribution in [3.8, 4) is 0 Å². The highest BCUT2D eigenvalue weighted by molar-refractivity contribution is 5.81. The van der Waals surface area contributed by atoms with E-state index in [9.17, 15) is 9.59 Å². The number of amides is 1. The summed E-state index contributed by atoms with van der Waals surface area (Å²) >= 11 is 0. The third-order valence-electron chi connectivity index (χ3n) is 3.36. The predicted octanol–water partition coefficient (Wildman–Crippen LogP) is 0.234. The summed E-state index contributed by atoms with van der Waals surface area (Å²) in [5.74, 6) is -0.643. The van der Waals surface area contributed by atoms with Crippen LogP contribution in [0.4, 0.5) is 4.79 Å². The Balaban J connectivity index is 1.86. The monoisotopic (exact) mass is 242 g/mol. The van der Waals surface area contributed by atoms with Gasteiger partial charge in [-0.25, -0.2) is 9.59 Å². The van der Waals surface area contributed by atoms with Crippen molar-refractivity contribution in [3.63, 3.8) is 0 Å². The minimum Gasteiger partial charge on any atom is -0.478 e. The van der Waals surface area contributed by atoms with Crippen molar-refractivity contribution in [2.75, 3.05) is 33.2 Å². The molecule has 6 nitrogen and oxygen atoms in total. The Morgan fingerprint density at radius 3 is 2.88 bits per heavy atom. The van der Waals surface area contributed by atoms with Gasteiger partial charge in [0.15, 0.2) is 0 Å². The maximum Gasteiger partial charge on any atom is 0.410 e. The van der Waals surface area contributed by atoms with Gasteiger partial charge in [-0.1, -0.05) is 0 Å². The highest BCUT2D eigenvalue weighted by Gasteiger charge is 2.37. The first-order valence-electron chi connectivity index (χ1n) is 5.93. The Morgan fingerprint density at radius 2 is 2.29 bits per heavy atom. The maximum atomic E-state index is 11.5. The van der Waals surface area contributed by atoms with Crippen LogP contribution in [-0.4, -0.2) is 66.3 Å². The molecule has 17 heavy (non-hydrogen) atoms. The third kappa shape index (κ3) is 2.88. The molecule has 0 aromatic heterocycles. The molecule has 2 rings (SSSR count). The van der Waals surface area contributed by atoms with Crippen molar-refractivity contribution in [2.24, 2.45) is 5.92 Å². The first-order valence-corrected chi connectivity index (χ1v) is 5.93. The number of piperidine rings is 1. The van der Waals surface area contributed by atoms with Crippen molar-refractivity contribution in [3.05, 3.63) is 0 Å². The zero-order chi connectivity index (χ0) is 12.4. The molecule has 0 radical (unpaired) electrons. The van der Waals surface area contributed by atoms with Crippen LogP contribution in [0.5, 0.6) is 0 Å². The number of carbonyl (C=O) groups is 2. The molecule has 0 bridgehead atoms. The molecule has 1 unspecified atom stereocenters. The molecular weight excluding hydrogens is 224 g/mol. The van der Waals surface area contributed by atoms with Crippen LogP contribution in [0, 0.1) is 5.92 Å². The highest BCUT2D eigenvalue weighted by atomic mass is 16.6. The van der Waals surface area contributed by atoms with E-state index >= 15 is 0 Å². The van der Waals surface area contributed by atoms with E-state index in [-0.39, 0.29) is 6.54 Å². The molecule has 0 aromatic rings. The molecule has 2 atom stereocenters. The Hall–Kier alpha value is -1.30. The van der Waals surface area contributed by atoms with E-state index in [1.54, 1.807) is 0 Å². The SMILES string of the molecule is CN1CCCC(CN2C[C@H](C(=O)O)OC2=O)C1. The van der Waals surface area contributed by atoms with Gasteiger partial charge in [-0.15, -0.1) is 0 Å². The molecule has 96 valence electrons. The summed E-state index contributed by atoms with van der Waals surface area (Å²) in [5, 5.41) is 8.78. The van der Waals surface area contributed by atoms with E-state index in [1.165, 1.54) is 4.90 Å². The summed E-state index contributed by atoms with van der Waals surface area (Å²) in [6, 6.07) is 0. The second-order valence-electron chi connectivity index (χ2n) is 4.89. The van der Waals surface area contributed by atoms with E-state index in [4.69, 9.17) is 9.84 Å². The van der Waals surface area contributed by atoms with Crippen molar-refractivity contribution in [1.82, 2.24) is 9.80 Å². The summed E-state index contributed by atoms with van der Waals surface area (Å²) in [4.78, 5) is 26.0. The van der Waals surface area contributed by atoms with Gasteiger partial charge in [0.1, 0.15) is 0 Å². The molecule has 1 amide bonds. The van der Waals surface area contributed by atoms with Gasteiger partial charge in [0.05, 0.1) is 6.54 Å². The van der Waals surface area contributed by atoms with Gasteiger partial charge in [0.2, 0.25) is 6.10 Å².